The lowest BCUT2D eigenvalue weighted by Crippen LogP contribution is -2.38. The van der Waals surface area contributed by atoms with E-state index in [2.05, 4.69) is 47.2 Å². The van der Waals surface area contributed by atoms with Gasteiger partial charge in [0, 0.05) is 28.9 Å². The fourth-order valence-electron chi connectivity index (χ4n) is 1.69. The maximum Gasteiger partial charge on any atom is 0.221 e. The number of rotatable bonds is 5. The molecule has 108 valence electrons. The van der Waals surface area contributed by atoms with Crippen molar-refractivity contribution in [3.63, 3.8) is 0 Å². The Bertz CT molecular complexity index is 404. The van der Waals surface area contributed by atoms with Crippen molar-refractivity contribution in [1.82, 2.24) is 5.32 Å². The van der Waals surface area contributed by atoms with E-state index in [1.165, 1.54) is 5.56 Å². The lowest BCUT2D eigenvalue weighted by Gasteiger charge is -2.26. The van der Waals surface area contributed by atoms with Gasteiger partial charge in [0.15, 0.2) is 0 Å². The highest BCUT2D eigenvalue weighted by Gasteiger charge is 2.21. The van der Waals surface area contributed by atoms with E-state index < -0.39 is 0 Å². The van der Waals surface area contributed by atoms with Crippen LogP contribution in [0, 0.1) is 0 Å². The molecule has 0 fully saturated rings. The van der Waals surface area contributed by atoms with Crippen LogP contribution in [0.1, 0.15) is 32.8 Å². The van der Waals surface area contributed by atoms with Crippen LogP contribution in [0.15, 0.2) is 28.7 Å². The van der Waals surface area contributed by atoms with Crippen LogP contribution in [-0.2, 0) is 10.2 Å². The summed E-state index contributed by atoms with van der Waals surface area (Å²) in [7, 11) is 0. The molecule has 1 unspecified atom stereocenters. The standard InChI is InChI=1S/C14H21BrN2O.ClH/c1-10(16)8-13(18)17-9-14(2,3)11-4-6-12(15)7-5-11;/h4-7,10H,8-9,16H2,1-3H3,(H,17,18);1H. The van der Waals surface area contributed by atoms with Crippen molar-refractivity contribution in [3.05, 3.63) is 34.3 Å². The number of nitrogens with one attached hydrogen (secondary N) is 1. The Kier molecular flexibility index (Phi) is 7.64. The van der Waals surface area contributed by atoms with Crippen LogP contribution in [-0.4, -0.2) is 18.5 Å². The van der Waals surface area contributed by atoms with E-state index in [4.69, 9.17) is 5.73 Å². The van der Waals surface area contributed by atoms with Crippen LogP contribution in [0.2, 0.25) is 0 Å². The normalized spacial score (nSPS) is 12.5. The number of halogens is 2. The molecule has 1 atom stereocenters. The second-order valence-corrected chi connectivity index (χ2v) is 6.26. The first-order valence-corrected chi connectivity index (χ1v) is 6.89. The SMILES string of the molecule is CC(N)CC(=O)NCC(C)(C)c1ccc(Br)cc1.Cl. The number of amides is 1. The van der Waals surface area contributed by atoms with E-state index in [0.717, 1.165) is 4.47 Å². The monoisotopic (exact) mass is 348 g/mol. The zero-order valence-electron chi connectivity index (χ0n) is 11.6. The van der Waals surface area contributed by atoms with Gasteiger partial charge in [-0.2, -0.15) is 0 Å². The van der Waals surface area contributed by atoms with Gasteiger partial charge in [0.1, 0.15) is 0 Å². The van der Waals surface area contributed by atoms with Crippen LogP contribution < -0.4 is 11.1 Å². The second kappa shape index (κ2) is 7.88. The summed E-state index contributed by atoms with van der Waals surface area (Å²) in [6.07, 6.45) is 0.371. The van der Waals surface area contributed by atoms with Crippen molar-refractivity contribution < 1.29 is 4.79 Å². The molecule has 0 bridgehead atoms. The maximum atomic E-state index is 11.6. The zero-order chi connectivity index (χ0) is 13.8. The van der Waals surface area contributed by atoms with E-state index in [0.29, 0.717) is 13.0 Å². The molecule has 3 N–H and O–H groups in total. The molecule has 0 spiro atoms. The summed E-state index contributed by atoms with van der Waals surface area (Å²) in [6, 6.07) is 8.08. The summed E-state index contributed by atoms with van der Waals surface area (Å²) < 4.78 is 1.06. The molecule has 19 heavy (non-hydrogen) atoms. The van der Waals surface area contributed by atoms with Crippen LogP contribution in [0.25, 0.3) is 0 Å². The van der Waals surface area contributed by atoms with Crippen molar-refractivity contribution in [2.75, 3.05) is 6.54 Å². The Morgan fingerprint density at radius 1 is 1.37 bits per heavy atom. The van der Waals surface area contributed by atoms with E-state index in [1.807, 2.05) is 19.1 Å². The Morgan fingerprint density at radius 3 is 2.37 bits per heavy atom. The van der Waals surface area contributed by atoms with Gasteiger partial charge >= 0.3 is 0 Å². The fourth-order valence-corrected chi connectivity index (χ4v) is 1.95. The predicted molar refractivity (Wildman–Crippen MR) is 85.7 cm³/mol. The number of benzene rings is 1. The smallest absolute Gasteiger partial charge is 0.221 e. The van der Waals surface area contributed by atoms with Gasteiger partial charge in [-0.25, -0.2) is 0 Å². The number of nitrogens with two attached hydrogens (primary N) is 1. The zero-order valence-corrected chi connectivity index (χ0v) is 14.0. The molecule has 0 aliphatic heterocycles. The average Bonchev–Trinajstić information content (AvgIpc) is 2.26. The van der Waals surface area contributed by atoms with Crippen molar-refractivity contribution >= 4 is 34.2 Å². The quantitative estimate of drug-likeness (QED) is 0.858. The third-order valence-corrected chi connectivity index (χ3v) is 3.39. The predicted octanol–water partition coefficient (Wildman–Crippen LogP) is 3.00. The highest BCUT2D eigenvalue weighted by atomic mass is 79.9. The summed E-state index contributed by atoms with van der Waals surface area (Å²) in [4.78, 5) is 11.6. The number of hydrogen-bond acceptors (Lipinski definition) is 2. The van der Waals surface area contributed by atoms with Crippen molar-refractivity contribution in [3.8, 4) is 0 Å². The highest BCUT2D eigenvalue weighted by molar-refractivity contribution is 9.10. The molecule has 1 rings (SSSR count). The molecule has 0 aromatic heterocycles. The molecule has 1 aromatic carbocycles. The third kappa shape index (κ3) is 6.41. The molecule has 0 saturated carbocycles. The van der Waals surface area contributed by atoms with Crippen LogP contribution in [0.3, 0.4) is 0 Å². The molecule has 1 amide bonds. The Balaban J connectivity index is 0.00000324. The number of carbonyl (C=O) groups excluding carboxylic acids is 1. The minimum absolute atomic E-state index is 0. The van der Waals surface area contributed by atoms with E-state index in [1.54, 1.807) is 0 Å². The number of carbonyl (C=O) groups is 1. The molecule has 0 saturated heterocycles. The molecule has 0 radical (unpaired) electrons. The van der Waals surface area contributed by atoms with Gasteiger partial charge in [-0.15, -0.1) is 12.4 Å². The van der Waals surface area contributed by atoms with Gasteiger partial charge in [0.25, 0.3) is 0 Å². The molecule has 0 heterocycles. The summed E-state index contributed by atoms with van der Waals surface area (Å²) in [5.41, 5.74) is 6.71. The van der Waals surface area contributed by atoms with Crippen LogP contribution in [0.5, 0.6) is 0 Å². The van der Waals surface area contributed by atoms with Crippen molar-refractivity contribution in [1.29, 1.82) is 0 Å². The Morgan fingerprint density at radius 2 is 1.89 bits per heavy atom. The third-order valence-electron chi connectivity index (χ3n) is 2.86. The van der Waals surface area contributed by atoms with Gasteiger partial charge in [-0.05, 0) is 24.6 Å². The number of hydrogen-bond donors (Lipinski definition) is 2. The molecule has 0 aliphatic rings. The summed E-state index contributed by atoms with van der Waals surface area (Å²) in [5.74, 6) is 0.00943. The molecule has 1 aromatic rings. The van der Waals surface area contributed by atoms with E-state index in [9.17, 15) is 4.79 Å². The minimum atomic E-state index is -0.0965. The fraction of sp³-hybridized carbons (Fsp3) is 0.500. The van der Waals surface area contributed by atoms with Crippen molar-refractivity contribution in [2.24, 2.45) is 5.73 Å². The lowest BCUT2D eigenvalue weighted by molar-refractivity contribution is -0.121. The molecular weight excluding hydrogens is 328 g/mol. The maximum absolute atomic E-state index is 11.6. The first kappa shape index (κ1) is 18.4. The first-order valence-electron chi connectivity index (χ1n) is 6.09. The van der Waals surface area contributed by atoms with Gasteiger partial charge in [0.2, 0.25) is 5.91 Å². The van der Waals surface area contributed by atoms with Crippen LogP contribution >= 0.6 is 28.3 Å². The first-order chi connectivity index (χ1) is 8.31. The molecule has 0 aliphatic carbocycles. The van der Waals surface area contributed by atoms with Gasteiger partial charge in [0.05, 0.1) is 0 Å². The van der Waals surface area contributed by atoms with Crippen molar-refractivity contribution in [2.45, 2.75) is 38.6 Å². The van der Waals surface area contributed by atoms with Gasteiger partial charge < -0.3 is 11.1 Å². The second-order valence-electron chi connectivity index (χ2n) is 5.35. The Labute approximate surface area is 129 Å². The van der Waals surface area contributed by atoms with E-state index >= 15 is 0 Å². The Hall–Kier alpha value is -0.580. The molecule has 5 heteroatoms. The summed E-state index contributed by atoms with van der Waals surface area (Å²) in [6.45, 7) is 6.67. The largest absolute Gasteiger partial charge is 0.355 e. The van der Waals surface area contributed by atoms with Gasteiger partial charge in [-0.1, -0.05) is 41.9 Å². The molecular formula is C14H22BrClN2O. The van der Waals surface area contributed by atoms with Crippen LogP contribution in [0.4, 0.5) is 0 Å². The average molecular weight is 350 g/mol. The topological polar surface area (TPSA) is 55.1 Å². The minimum Gasteiger partial charge on any atom is -0.355 e. The lowest BCUT2D eigenvalue weighted by atomic mass is 9.84. The van der Waals surface area contributed by atoms with E-state index in [-0.39, 0.29) is 29.8 Å². The molecule has 3 nitrogen and oxygen atoms in total. The van der Waals surface area contributed by atoms with Gasteiger partial charge in [-0.3, -0.25) is 4.79 Å². The highest BCUT2D eigenvalue weighted by Crippen LogP contribution is 2.23. The summed E-state index contributed by atoms with van der Waals surface area (Å²) in [5, 5.41) is 2.94. The summed E-state index contributed by atoms with van der Waals surface area (Å²) >= 11 is 3.42.